The molecule has 0 unspecified atom stereocenters. The van der Waals surface area contributed by atoms with Crippen LogP contribution >= 0.6 is 11.3 Å². The molecule has 0 amide bonds. The van der Waals surface area contributed by atoms with E-state index in [1.54, 1.807) is 18.4 Å². The number of nitrogens with one attached hydrogen (secondary N) is 1. The number of aromatic nitrogens is 1. The highest BCUT2D eigenvalue weighted by Gasteiger charge is 2.30. The first-order valence-corrected chi connectivity index (χ1v) is 5.79. The van der Waals surface area contributed by atoms with Gasteiger partial charge in [0.1, 0.15) is 0 Å². The molecule has 78 valence electrons. The SMILES string of the molecule is COC[C@H]1CC[C@@H]1Nc1ncc(C)s1. The second kappa shape index (κ2) is 4.28. The van der Waals surface area contributed by atoms with Crippen molar-refractivity contribution in [2.45, 2.75) is 25.8 Å². The lowest BCUT2D eigenvalue weighted by molar-refractivity contribution is 0.101. The van der Waals surface area contributed by atoms with E-state index in [9.17, 15) is 0 Å². The van der Waals surface area contributed by atoms with Crippen molar-refractivity contribution in [1.29, 1.82) is 0 Å². The van der Waals surface area contributed by atoms with Gasteiger partial charge in [-0.1, -0.05) is 0 Å². The summed E-state index contributed by atoms with van der Waals surface area (Å²) in [6.45, 7) is 2.94. The Morgan fingerprint density at radius 2 is 2.50 bits per heavy atom. The molecule has 2 atom stereocenters. The molecule has 0 aliphatic heterocycles. The van der Waals surface area contributed by atoms with Crippen LogP contribution < -0.4 is 5.32 Å². The Morgan fingerprint density at radius 3 is 3.00 bits per heavy atom. The second-order valence-corrected chi connectivity index (χ2v) is 5.05. The summed E-state index contributed by atoms with van der Waals surface area (Å²) in [6.07, 6.45) is 4.43. The molecular weight excluding hydrogens is 196 g/mol. The molecule has 2 rings (SSSR count). The van der Waals surface area contributed by atoms with Gasteiger partial charge < -0.3 is 10.1 Å². The highest BCUT2D eigenvalue weighted by Crippen LogP contribution is 2.31. The third-order valence-corrected chi connectivity index (χ3v) is 3.57. The van der Waals surface area contributed by atoms with Gasteiger partial charge in [0.05, 0.1) is 6.61 Å². The number of thiazole rings is 1. The number of ether oxygens (including phenoxy) is 1. The van der Waals surface area contributed by atoms with Crippen LogP contribution in [0.15, 0.2) is 6.20 Å². The predicted octanol–water partition coefficient (Wildman–Crippen LogP) is 2.29. The highest BCUT2D eigenvalue weighted by atomic mass is 32.1. The number of anilines is 1. The quantitative estimate of drug-likeness (QED) is 0.831. The number of nitrogens with zero attached hydrogens (tertiary/aromatic N) is 1. The zero-order valence-electron chi connectivity index (χ0n) is 8.62. The normalized spacial score (nSPS) is 25.9. The van der Waals surface area contributed by atoms with Crippen molar-refractivity contribution in [3.05, 3.63) is 11.1 Å². The Bertz CT molecular complexity index is 300. The Balaban J connectivity index is 1.86. The van der Waals surface area contributed by atoms with Gasteiger partial charge in [0.15, 0.2) is 5.13 Å². The van der Waals surface area contributed by atoms with Gasteiger partial charge in [0.2, 0.25) is 0 Å². The molecule has 1 fully saturated rings. The zero-order chi connectivity index (χ0) is 9.97. The van der Waals surface area contributed by atoms with Gasteiger partial charge in [0, 0.05) is 30.1 Å². The third-order valence-electron chi connectivity index (χ3n) is 2.73. The molecule has 0 aromatic carbocycles. The van der Waals surface area contributed by atoms with Gasteiger partial charge in [-0.05, 0) is 19.8 Å². The van der Waals surface area contributed by atoms with Crippen LogP contribution in [-0.2, 0) is 4.74 Å². The fraction of sp³-hybridized carbons (Fsp3) is 0.700. The van der Waals surface area contributed by atoms with Crippen molar-refractivity contribution in [3.8, 4) is 0 Å². The fourth-order valence-corrected chi connectivity index (χ4v) is 2.48. The van der Waals surface area contributed by atoms with E-state index in [0.29, 0.717) is 12.0 Å². The lowest BCUT2D eigenvalue weighted by atomic mass is 9.80. The molecule has 0 spiro atoms. The van der Waals surface area contributed by atoms with E-state index in [0.717, 1.165) is 11.7 Å². The van der Waals surface area contributed by atoms with Gasteiger partial charge in [-0.3, -0.25) is 0 Å². The molecule has 0 saturated heterocycles. The Hall–Kier alpha value is -0.610. The van der Waals surface area contributed by atoms with Gasteiger partial charge in [-0.25, -0.2) is 4.98 Å². The van der Waals surface area contributed by atoms with Gasteiger partial charge in [-0.15, -0.1) is 11.3 Å². The molecule has 1 aliphatic carbocycles. The summed E-state index contributed by atoms with van der Waals surface area (Å²) in [6, 6.07) is 0.570. The molecule has 3 nitrogen and oxygen atoms in total. The van der Waals surface area contributed by atoms with E-state index < -0.39 is 0 Å². The van der Waals surface area contributed by atoms with E-state index >= 15 is 0 Å². The van der Waals surface area contributed by atoms with Crippen molar-refractivity contribution >= 4 is 16.5 Å². The Labute approximate surface area is 88.5 Å². The van der Waals surface area contributed by atoms with Crippen LogP contribution in [0.4, 0.5) is 5.13 Å². The minimum Gasteiger partial charge on any atom is -0.384 e. The van der Waals surface area contributed by atoms with Crippen LogP contribution in [0, 0.1) is 12.8 Å². The summed E-state index contributed by atoms with van der Waals surface area (Å²) in [5.74, 6) is 0.671. The summed E-state index contributed by atoms with van der Waals surface area (Å²) < 4.78 is 5.16. The number of hydrogen-bond donors (Lipinski definition) is 1. The molecule has 4 heteroatoms. The zero-order valence-corrected chi connectivity index (χ0v) is 9.43. The standard InChI is InChI=1S/C10H16N2OS/c1-7-5-11-10(14-7)12-9-4-3-8(9)6-13-2/h5,8-9H,3-4,6H2,1-2H3,(H,11,12)/t8-,9+/m1/s1. The lowest BCUT2D eigenvalue weighted by Gasteiger charge is -2.36. The molecule has 0 bridgehead atoms. The largest absolute Gasteiger partial charge is 0.384 e. The summed E-state index contributed by atoms with van der Waals surface area (Å²) >= 11 is 1.72. The molecule has 1 aliphatic rings. The molecule has 1 saturated carbocycles. The maximum atomic E-state index is 5.16. The van der Waals surface area contributed by atoms with E-state index in [1.165, 1.54) is 17.7 Å². The monoisotopic (exact) mass is 212 g/mol. The first-order chi connectivity index (χ1) is 6.79. The summed E-state index contributed by atoms with van der Waals surface area (Å²) in [5.41, 5.74) is 0. The number of methoxy groups -OCH3 is 1. The van der Waals surface area contributed by atoms with Crippen molar-refractivity contribution in [2.75, 3.05) is 19.0 Å². The molecule has 14 heavy (non-hydrogen) atoms. The van der Waals surface area contributed by atoms with E-state index in [-0.39, 0.29) is 0 Å². The summed E-state index contributed by atoms with van der Waals surface area (Å²) in [7, 11) is 1.77. The minimum atomic E-state index is 0.570. The van der Waals surface area contributed by atoms with Crippen LogP contribution in [0.5, 0.6) is 0 Å². The maximum absolute atomic E-state index is 5.16. The summed E-state index contributed by atoms with van der Waals surface area (Å²) in [4.78, 5) is 5.56. The number of hydrogen-bond acceptors (Lipinski definition) is 4. The number of rotatable bonds is 4. The van der Waals surface area contributed by atoms with Crippen LogP contribution in [0.2, 0.25) is 0 Å². The van der Waals surface area contributed by atoms with Gasteiger partial charge in [0.25, 0.3) is 0 Å². The highest BCUT2D eigenvalue weighted by molar-refractivity contribution is 7.15. The molecule has 1 aromatic rings. The fourth-order valence-electron chi connectivity index (χ4n) is 1.75. The first kappa shape index (κ1) is 9.93. The van der Waals surface area contributed by atoms with E-state index in [4.69, 9.17) is 4.74 Å². The third kappa shape index (κ3) is 2.07. The lowest BCUT2D eigenvalue weighted by Crippen LogP contribution is -2.40. The predicted molar refractivity (Wildman–Crippen MR) is 58.9 cm³/mol. The van der Waals surface area contributed by atoms with Crippen LogP contribution in [0.25, 0.3) is 0 Å². The van der Waals surface area contributed by atoms with Gasteiger partial charge in [-0.2, -0.15) is 0 Å². The average Bonchev–Trinajstić information content (AvgIpc) is 2.55. The van der Waals surface area contributed by atoms with E-state index in [2.05, 4.69) is 17.2 Å². The summed E-state index contributed by atoms with van der Waals surface area (Å²) in [5, 5.41) is 4.51. The topological polar surface area (TPSA) is 34.1 Å². The average molecular weight is 212 g/mol. The molecule has 0 radical (unpaired) electrons. The van der Waals surface area contributed by atoms with Crippen LogP contribution in [0.3, 0.4) is 0 Å². The molecular formula is C10H16N2OS. The maximum Gasteiger partial charge on any atom is 0.183 e. The molecule has 1 N–H and O–H groups in total. The van der Waals surface area contributed by atoms with Crippen molar-refractivity contribution in [2.24, 2.45) is 5.92 Å². The van der Waals surface area contributed by atoms with Crippen molar-refractivity contribution in [3.63, 3.8) is 0 Å². The van der Waals surface area contributed by atoms with Crippen LogP contribution in [-0.4, -0.2) is 24.7 Å². The Kier molecular flexibility index (Phi) is 3.03. The van der Waals surface area contributed by atoms with Crippen molar-refractivity contribution in [1.82, 2.24) is 4.98 Å². The minimum absolute atomic E-state index is 0.570. The van der Waals surface area contributed by atoms with E-state index in [1.807, 2.05) is 6.20 Å². The smallest absolute Gasteiger partial charge is 0.183 e. The number of aryl methyl sites for hydroxylation is 1. The van der Waals surface area contributed by atoms with Crippen LogP contribution in [0.1, 0.15) is 17.7 Å². The van der Waals surface area contributed by atoms with Gasteiger partial charge >= 0.3 is 0 Å². The Morgan fingerprint density at radius 1 is 1.64 bits per heavy atom. The van der Waals surface area contributed by atoms with Crippen molar-refractivity contribution < 1.29 is 4.74 Å². The first-order valence-electron chi connectivity index (χ1n) is 4.97. The molecule has 1 aromatic heterocycles. The second-order valence-electron chi connectivity index (χ2n) is 3.82. The molecule has 1 heterocycles.